The summed E-state index contributed by atoms with van der Waals surface area (Å²) >= 11 is 0. The summed E-state index contributed by atoms with van der Waals surface area (Å²) in [5.74, 6) is 2.25. The third-order valence-electron chi connectivity index (χ3n) is 3.21. The minimum Gasteiger partial charge on any atom is -0.490 e. The van der Waals surface area contributed by atoms with Crippen molar-refractivity contribution in [1.29, 1.82) is 0 Å². The number of fused-ring (bicyclic) bond motifs is 1. The molecule has 5 nitrogen and oxygen atoms in total. The van der Waals surface area contributed by atoms with E-state index in [2.05, 4.69) is 4.98 Å². The molecule has 0 unspecified atom stereocenters. The lowest BCUT2D eigenvalue weighted by molar-refractivity contribution is 0.217. The van der Waals surface area contributed by atoms with Crippen molar-refractivity contribution in [2.24, 2.45) is 0 Å². The molecule has 0 saturated carbocycles. The molecule has 3 rings (SSSR count). The molecular formula is C17H18N2O3. The van der Waals surface area contributed by atoms with Gasteiger partial charge in [0.15, 0.2) is 11.5 Å². The zero-order chi connectivity index (χ0) is 15.4. The summed E-state index contributed by atoms with van der Waals surface area (Å²) in [7, 11) is 0. The van der Waals surface area contributed by atoms with Crippen molar-refractivity contribution >= 4 is 16.8 Å². The number of aryl methyl sites for hydroxylation is 1. The Morgan fingerprint density at radius 1 is 1.00 bits per heavy atom. The standard InChI is InChI=1S/C17H18N2O3/c1-2-17-19-15-8-7-14(11-16(15)22-17)21-10-9-20-13-5-3-12(18)4-6-13/h3-8,11H,2,9-10,18H2,1H3. The number of nitrogens with zero attached hydrogens (tertiary/aromatic N) is 1. The van der Waals surface area contributed by atoms with E-state index in [1.54, 1.807) is 12.1 Å². The van der Waals surface area contributed by atoms with Crippen LogP contribution in [0.1, 0.15) is 12.8 Å². The zero-order valence-electron chi connectivity index (χ0n) is 12.4. The molecule has 0 radical (unpaired) electrons. The van der Waals surface area contributed by atoms with Crippen molar-refractivity contribution in [3.8, 4) is 11.5 Å². The Morgan fingerprint density at radius 3 is 2.41 bits per heavy atom. The van der Waals surface area contributed by atoms with Gasteiger partial charge in [-0.2, -0.15) is 0 Å². The lowest BCUT2D eigenvalue weighted by atomic mass is 10.3. The van der Waals surface area contributed by atoms with E-state index in [0.717, 1.165) is 40.6 Å². The van der Waals surface area contributed by atoms with Gasteiger partial charge in [0, 0.05) is 18.2 Å². The summed E-state index contributed by atoms with van der Waals surface area (Å²) in [5, 5.41) is 0. The molecule has 0 amide bonds. The fourth-order valence-corrected chi connectivity index (χ4v) is 2.08. The van der Waals surface area contributed by atoms with Gasteiger partial charge in [0.1, 0.15) is 30.2 Å². The number of aromatic nitrogens is 1. The van der Waals surface area contributed by atoms with Crippen molar-refractivity contribution < 1.29 is 13.9 Å². The lowest BCUT2D eigenvalue weighted by Crippen LogP contribution is -2.08. The predicted octanol–water partition coefficient (Wildman–Crippen LogP) is 3.43. The maximum absolute atomic E-state index is 5.66. The van der Waals surface area contributed by atoms with Crippen molar-refractivity contribution in [3.05, 3.63) is 48.4 Å². The topological polar surface area (TPSA) is 70.5 Å². The second-order valence-corrected chi connectivity index (χ2v) is 4.86. The van der Waals surface area contributed by atoms with Crippen LogP contribution in [0.15, 0.2) is 46.9 Å². The largest absolute Gasteiger partial charge is 0.490 e. The molecule has 0 aliphatic heterocycles. The van der Waals surface area contributed by atoms with E-state index in [1.165, 1.54) is 0 Å². The Morgan fingerprint density at radius 2 is 1.68 bits per heavy atom. The molecule has 2 N–H and O–H groups in total. The first-order valence-electron chi connectivity index (χ1n) is 7.25. The van der Waals surface area contributed by atoms with Crippen LogP contribution >= 0.6 is 0 Å². The van der Waals surface area contributed by atoms with Crippen LogP contribution in [0.2, 0.25) is 0 Å². The van der Waals surface area contributed by atoms with E-state index in [0.29, 0.717) is 13.2 Å². The summed E-state index contributed by atoms with van der Waals surface area (Å²) < 4.78 is 16.9. The quantitative estimate of drug-likeness (QED) is 0.557. The van der Waals surface area contributed by atoms with E-state index in [9.17, 15) is 0 Å². The number of nitrogens with two attached hydrogens (primary N) is 1. The monoisotopic (exact) mass is 298 g/mol. The van der Waals surface area contributed by atoms with Crippen molar-refractivity contribution in [1.82, 2.24) is 4.98 Å². The molecule has 0 spiro atoms. The second-order valence-electron chi connectivity index (χ2n) is 4.86. The van der Waals surface area contributed by atoms with Gasteiger partial charge in [-0.05, 0) is 36.4 Å². The number of oxazole rings is 1. The minimum atomic E-state index is 0.449. The number of rotatable bonds is 6. The first-order valence-corrected chi connectivity index (χ1v) is 7.25. The first kappa shape index (κ1) is 14.3. The zero-order valence-corrected chi connectivity index (χ0v) is 12.4. The predicted molar refractivity (Wildman–Crippen MR) is 85.2 cm³/mol. The van der Waals surface area contributed by atoms with Crippen LogP contribution in [0, 0.1) is 0 Å². The second kappa shape index (κ2) is 6.39. The highest BCUT2D eigenvalue weighted by molar-refractivity contribution is 5.74. The summed E-state index contributed by atoms with van der Waals surface area (Å²) in [6, 6.07) is 12.9. The highest BCUT2D eigenvalue weighted by atomic mass is 16.5. The SMILES string of the molecule is CCc1nc2ccc(OCCOc3ccc(N)cc3)cc2o1. The van der Waals surface area contributed by atoms with Crippen molar-refractivity contribution in [2.45, 2.75) is 13.3 Å². The number of hydrogen-bond donors (Lipinski definition) is 1. The van der Waals surface area contributed by atoms with Crippen LogP contribution in [-0.4, -0.2) is 18.2 Å². The van der Waals surface area contributed by atoms with E-state index < -0.39 is 0 Å². The molecule has 1 heterocycles. The Bertz CT molecular complexity index is 750. The summed E-state index contributed by atoms with van der Waals surface area (Å²) in [6.07, 6.45) is 0.778. The van der Waals surface area contributed by atoms with Crippen LogP contribution in [0.4, 0.5) is 5.69 Å². The smallest absolute Gasteiger partial charge is 0.195 e. The number of benzene rings is 2. The molecule has 0 fully saturated rings. The van der Waals surface area contributed by atoms with Crippen LogP contribution in [-0.2, 0) is 6.42 Å². The molecular weight excluding hydrogens is 280 g/mol. The van der Waals surface area contributed by atoms with Crippen LogP contribution in [0.3, 0.4) is 0 Å². The van der Waals surface area contributed by atoms with Crippen molar-refractivity contribution in [3.63, 3.8) is 0 Å². The van der Waals surface area contributed by atoms with Gasteiger partial charge in [-0.25, -0.2) is 4.98 Å². The molecule has 114 valence electrons. The molecule has 2 aromatic carbocycles. The number of hydrogen-bond acceptors (Lipinski definition) is 5. The lowest BCUT2D eigenvalue weighted by Gasteiger charge is -2.08. The normalized spacial score (nSPS) is 10.8. The van der Waals surface area contributed by atoms with Gasteiger partial charge >= 0.3 is 0 Å². The average Bonchev–Trinajstić information content (AvgIpc) is 2.95. The first-order chi connectivity index (χ1) is 10.7. The Kier molecular flexibility index (Phi) is 4.14. The molecule has 3 aromatic rings. The molecule has 0 atom stereocenters. The van der Waals surface area contributed by atoms with E-state index in [4.69, 9.17) is 19.6 Å². The maximum Gasteiger partial charge on any atom is 0.195 e. The van der Waals surface area contributed by atoms with Crippen LogP contribution < -0.4 is 15.2 Å². The van der Waals surface area contributed by atoms with Crippen molar-refractivity contribution in [2.75, 3.05) is 18.9 Å². The molecule has 1 aromatic heterocycles. The third kappa shape index (κ3) is 3.31. The van der Waals surface area contributed by atoms with Gasteiger partial charge < -0.3 is 19.6 Å². The molecule has 0 saturated heterocycles. The van der Waals surface area contributed by atoms with Gasteiger partial charge in [0.2, 0.25) is 0 Å². The van der Waals surface area contributed by atoms with Gasteiger partial charge in [-0.3, -0.25) is 0 Å². The fourth-order valence-electron chi connectivity index (χ4n) is 2.08. The molecule has 22 heavy (non-hydrogen) atoms. The van der Waals surface area contributed by atoms with E-state index in [1.807, 2.05) is 37.3 Å². The fraction of sp³-hybridized carbons (Fsp3) is 0.235. The van der Waals surface area contributed by atoms with E-state index in [-0.39, 0.29) is 0 Å². The van der Waals surface area contributed by atoms with E-state index >= 15 is 0 Å². The molecule has 0 aliphatic carbocycles. The Hall–Kier alpha value is -2.69. The van der Waals surface area contributed by atoms with Gasteiger partial charge in [-0.1, -0.05) is 6.92 Å². The highest BCUT2D eigenvalue weighted by Crippen LogP contribution is 2.22. The highest BCUT2D eigenvalue weighted by Gasteiger charge is 2.05. The Balaban J connectivity index is 1.53. The summed E-state index contributed by atoms with van der Waals surface area (Å²) in [4.78, 5) is 4.36. The van der Waals surface area contributed by atoms with Crippen LogP contribution in [0.25, 0.3) is 11.1 Å². The molecule has 0 aliphatic rings. The third-order valence-corrected chi connectivity index (χ3v) is 3.21. The van der Waals surface area contributed by atoms with Gasteiger partial charge in [0.25, 0.3) is 0 Å². The minimum absolute atomic E-state index is 0.449. The van der Waals surface area contributed by atoms with Crippen LogP contribution in [0.5, 0.6) is 11.5 Å². The van der Waals surface area contributed by atoms with Gasteiger partial charge in [0.05, 0.1) is 0 Å². The average molecular weight is 298 g/mol. The maximum atomic E-state index is 5.66. The van der Waals surface area contributed by atoms with Gasteiger partial charge in [-0.15, -0.1) is 0 Å². The molecule has 5 heteroatoms. The number of anilines is 1. The number of ether oxygens (including phenoxy) is 2. The Labute approximate surface area is 128 Å². The number of nitrogen functional groups attached to an aromatic ring is 1. The molecule has 0 bridgehead atoms. The summed E-state index contributed by atoms with van der Waals surface area (Å²) in [5.41, 5.74) is 7.93. The summed E-state index contributed by atoms with van der Waals surface area (Å²) in [6.45, 7) is 2.92.